The first-order chi connectivity index (χ1) is 12.4. The number of benzene rings is 2. The Bertz CT molecular complexity index is 808. The molecule has 0 saturated carbocycles. The summed E-state index contributed by atoms with van der Waals surface area (Å²) in [5, 5.41) is 2.81. The largest absolute Gasteiger partial charge is 0.493 e. The number of hydrogen-bond acceptors (Lipinski definition) is 4. The van der Waals surface area contributed by atoms with Crippen molar-refractivity contribution in [1.29, 1.82) is 0 Å². The quantitative estimate of drug-likeness (QED) is 0.753. The number of primary amides is 1. The van der Waals surface area contributed by atoms with Crippen LogP contribution in [0.1, 0.15) is 21.5 Å². The maximum absolute atomic E-state index is 13.1. The Labute approximate surface area is 151 Å². The maximum atomic E-state index is 13.1. The molecule has 0 unspecified atom stereocenters. The molecule has 26 heavy (non-hydrogen) atoms. The summed E-state index contributed by atoms with van der Waals surface area (Å²) in [6.07, 6.45) is 0.592. The number of methoxy groups -OCH3 is 1. The highest BCUT2D eigenvalue weighted by Gasteiger charge is 2.12. The minimum atomic E-state index is -0.607. The van der Waals surface area contributed by atoms with Gasteiger partial charge in [-0.2, -0.15) is 0 Å². The van der Waals surface area contributed by atoms with E-state index in [2.05, 4.69) is 5.32 Å². The number of amides is 2. The Kier molecular flexibility index (Phi) is 6.54. The summed E-state index contributed by atoms with van der Waals surface area (Å²) in [4.78, 5) is 23.1. The van der Waals surface area contributed by atoms with Crippen LogP contribution in [0.4, 0.5) is 4.39 Å². The van der Waals surface area contributed by atoms with Gasteiger partial charge in [0, 0.05) is 12.1 Å². The van der Waals surface area contributed by atoms with Crippen LogP contribution < -0.4 is 20.5 Å². The molecule has 0 saturated heterocycles. The molecular weight excluding hydrogens is 339 g/mol. The number of hydrogen-bond donors (Lipinski definition) is 2. The van der Waals surface area contributed by atoms with Gasteiger partial charge in [0.05, 0.1) is 7.11 Å². The van der Waals surface area contributed by atoms with Crippen LogP contribution in [0.3, 0.4) is 0 Å². The van der Waals surface area contributed by atoms with Gasteiger partial charge in [-0.15, -0.1) is 0 Å². The lowest BCUT2D eigenvalue weighted by Crippen LogP contribution is -2.26. The molecule has 0 heterocycles. The van der Waals surface area contributed by atoms with Crippen molar-refractivity contribution in [3.63, 3.8) is 0 Å². The standard InChI is InChI=1S/C19H21FN2O4/c1-12-9-15(20)5-3-13(12)7-8-22-19(24)14-4-6-16(17(10-14)25-2)26-11-18(21)23/h3-6,9-10H,7-8,11H2,1-2H3,(H2,21,23)(H,22,24). The first-order valence-electron chi connectivity index (χ1n) is 8.03. The molecular formula is C19H21FN2O4. The molecule has 0 aliphatic heterocycles. The van der Waals surface area contributed by atoms with Crippen LogP contribution in [0.25, 0.3) is 0 Å². The average Bonchev–Trinajstić information content (AvgIpc) is 2.61. The molecule has 2 aromatic rings. The molecule has 3 N–H and O–H groups in total. The predicted molar refractivity (Wildman–Crippen MR) is 94.9 cm³/mol. The zero-order valence-corrected chi connectivity index (χ0v) is 14.7. The summed E-state index contributed by atoms with van der Waals surface area (Å²) < 4.78 is 23.5. The van der Waals surface area contributed by atoms with Crippen LogP contribution in [0, 0.1) is 12.7 Å². The van der Waals surface area contributed by atoms with E-state index in [-0.39, 0.29) is 18.3 Å². The number of nitrogens with one attached hydrogen (secondary N) is 1. The number of ether oxygens (including phenoxy) is 2. The van der Waals surface area contributed by atoms with Gasteiger partial charge in [0.25, 0.3) is 11.8 Å². The Morgan fingerprint density at radius 3 is 2.58 bits per heavy atom. The molecule has 0 radical (unpaired) electrons. The Balaban J connectivity index is 1.97. The smallest absolute Gasteiger partial charge is 0.255 e. The van der Waals surface area contributed by atoms with E-state index < -0.39 is 5.91 Å². The minimum Gasteiger partial charge on any atom is -0.493 e. The first-order valence-corrected chi connectivity index (χ1v) is 8.03. The van der Waals surface area contributed by atoms with Gasteiger partial charge in [0.2, 0.25) is 0 Å². The van der Waals surface area contributed by atoms with Crippen LogP contribution in [0.5, 0.6) is 11.5 Å². The molecule has 0 aliphatic carbocycles. The van der Waals surface area contributed by atoms with Gasteiger partial charge in [0.15, 0.2) is 18.1 Å². The van der Waals surface area contributed by atoms with Crippen LogP contribution in [0.2, 0.25) is 0 Å². The SMILES string of the molecule is COc1cc(C(=O)NCCc2ccc(F)cc2C)ccc1OCC(N)=O. The normalized spacial score (nSPS) is 10.3. The van der Waals surface area contributed by atoms with E-state index in [1.165, 1.54) is 25.3 Å². The molecule has 0 atom stereocenters. The molecule has 2 amide bonds. The van der Waals surface area contributed by atoms with Gasteiger partial charge in [-0.3, -0.25) is 9.59 Å². The minimum absolute atomic E-state index is 0.274. The lowest BCUT2D eigenvalue weighted by atomic mass is 10.1. The Morgan fingerprint density at radius 1 is 1.15 bits per heavy atom. The molecule has 0 bridgehead atoms. The van der Waals surface area contributed by atoms with Gasteiger partial charge < -0.3 is 20.5 Å². The molecule has 0 spiro atoms. The monoisotopic (exact) mass is 360 g/mol. The van der Waals surface area contributed by atoms with Crippen LogP contribution in [0.15, 0.2) is 36.4 Å². The van der Waals surface area contributed by atoms with Crippen LogP contribution >= 0.6 is 0 Å². The fourth-order valence-electron chi connectivity index (χ4n) is 2.43. The third-order valence-electron chi connectivity index (χ3n) is 3.78. The van der Waals surface area contributed by atoms with Gasteiger partial charge in [-0.1, -0.05) is 6.07 Å². The van der Waals surface area contributed by atoms with Crippen molar-refractivity contribution in [3.8, 4) is 11.5 Å². The number of nitrogens with two attached hydrogens (primary N) is 1. The van der Waals surface area contributed by atoms with Gasteiger partial charge in [-0.05, 0) is 54.8 Å². The summed E-state index contributed by atoms with van der Waals surface area (Å²) in [5.41, 5.74) is 7.25. The number of carbonyl (C=O) groups is 2. The third kappa shape index (κ3) is 5.20. The fourth-order valence-corrected chi connectivity index (χ4v) is 2.43. The zero-order chi connectivity index (χ0) is 19.1. The number of aryl methyl sites for hydroxylation is 1. The third-order valence-corrected chi connectivity index (χ3v) is 3.78. The number of carbonyl (C=O) groups excluding carboxylic acids is 2. The van der Waals surface area contributed by atoms with E-state index >= 15 is 0 Å². The molecule has 7 heteroatoms. The van der Waals surface area contributed by atoms with Crippen molar-refractivity contribution in [2.45, 2.75) is 13.3 Å². The fraction of sp³-hybridized carbons (Fsp3) is 0.263. The average molecular weight is 360 g/mol. The molecule has 0 aromatic heterocycles. The van der Waals surface area contributed by atoms with Crippen molar-refractivity contribution in [2.75, 3.05) is 20.3 Å². The van der Waals surface area contributed by atoms with Crippen molar-refractivity contribution < 1.29 is 23.5 Å². The zero-order valence-electron chi connectivity index (χ0n) is 14.7. The second kappa shape index (κ2) is 8.84. The van der Waals surface area contributed by atoms with Crippen molar-refractivity contribution >= 4 is 11.8 Å². The second-order valence-electron chi connectivity index (χ2n) is 5.70. The second-order valence-corrected chi connectivity index (χ2v) is 5.70. The molecule has 0 fully saturated rings. The molecule has 2 rings (SSSR count). The lowest BCUT2D eigenvalue weighted by molar-refractivity contribution is -0.119. The summed E-state index contributed by atoms with van der Waals surface area (Å²) in [6.45, 7) is 1.96. The summed E-state index contributed by atoms with van der Waals surface area (Å²) in [6, 6.07) is 9.21. The highest BCUT2D eigenvalue weighted by Crippen LogP contribution is 2.28. The topological polar surface area (TPSA) is 90.7 Å². The summed E-state index contributed by atoms with van der Waals surface area (Å²) in [5.74, 6) is -0.506. The lowest BCUT2D eigenvalue weighted by Gasteiger charge is -2.12. The van der Waals surface area contributed by atoms with Gasteiger partial charge in [0.1, 0.15) is 5.82 Å². The number of halogens is 1. The van der Waals surface area contributed by atoms with Crippen molar-refractivity contribution in [3.05, 3.63) is 58.9 Å². The summed E-state index contributed by atoms with van der Waals surface area (Å²) >= 11 is 0. The van der Waals surface area contributed by atoms with Gasteiger partial charge >= 0.3 is 0 Å². The molecule has 138 valence electrons. The van der Waals surface area contributed by atoms with Crippen LogP contribution in [-0.4, -0.2) is 32.1 Å². The van der Waals surface area contributed by atoms with E-state index in [1.54, 1.807) is 18.2 Å². The summed E-state index contributed by atoms with van der Waals surface area (Å²) in [7, 11) is 1.44. The maximum Gasteiger partial charge on any atom is 0.255 e. The van der Waals surface area contributed by atoms with Gasteiger partial charge in [-0.25, -0.2) is 4.39 Å². The van der Waals surface area contributed by atoms with E-state index in [0.717, 1.165) is 11.1 Å². The van der Waals surface area contributed by atoms with E-state index in [4.69, 9.17) is 15.2 Å². The first kappa shape index (κ1) is 19.2. The highest BCUT2D eigenvalue weighted by molar-refractivity contribution is 5.94. The highest BCUT2D eigenvalue weighted by atomic mass is 19.1. The van der Waals surface area contributed by atoms with E-state index in [0.29, 0.717) is 30.0 Å². The Morgan fingerprint density at radius 2 is 1.92 bits per heavy atom. The van der Waals surface area contributed by atoms with Crippen molar-refractivity contribution in [2.24, 2.45) is 5.73 Å². The van der Waals surface area contributed by atoms with Crippen molar-refractivity contribution in [1.82, 2.24) is 5.32 Å². The molecule has 2 aromatic carbocycles. The molecule has 6 nitrogen and oxygen atoms in total. The molecule has 0 aliphatic rings. The van der Waals surface area contributed by atoms with E-state index in [1.807, 2.05) is 6.92 Å². The Hall–Kier alpha value is -3.09. The van der Waals surface area contributed by atoms with Crippen LogP contribution in [-0.2, 0) is 11.2 Å². The predicted octanol–water partition coefficient (Wildman–Crippen LogP) is 1.98. The van der Waals surface area contributed by atoms with E-state index in [9.17, 15) is 14.0 Å². The number of rotatable bonds is 8.